The molecule has 1 aromatic rings. The van der Waals surface area contributed by atoms with Gasteiger partial charge in [-0.25, -0.2) is 0 Å². The van der Waals surface area contributed by atoms with Gasteiger partial charge in [-0.3, -0.25) is 0 Å². The second-order valence-electron chi connectivity index (χ2n) is 5.91. The highest BCUT2D eigenvalue weighted by molar-refractivity contribution is 6.30. The lowest BCUT2D eigenvalue weighted by atomic mass is 9.67. The van der Waals surface area contributed by atoms with Gasteiger partial charge in [0.15, 0.2) is 0 Å². The Labute approximate surface area is 114 Å². The summed E-state index contributed by atoms with van der Waals surface area (Å²) in [5, 5.41) is 4.42. The number of nitrogens with one attached hydrogen (secondary N) is 1. The monoisotopic (exact) mass is 264 g/mol. The van der Waals surface area contributed by atoms with Crippen LogP contribution in [0.2, 0.25) is 5.02 Å². The molecule has 3 rings (SSSR count). The smallest absolute Gasteiger partial charge is 0.0408 e. The molecular formula is C15H21ClN2. The summed E-state index contributed by atoms with van der Waals surface area (Å²) in [4.78, 5) is 2.48. The number of hydrogen-bond donors (Lipinski definition) is 1. The van der Waals surface area contributed by atoms with E-state index < -0.39 is 0 Å². The summed E-state index contributed by atoms with van der Waals surface area (Å²) < 4.78 is 0. The zero-order chi connectivity index (χ0) is 12.6. The van der Waals surface area contributed by atoms with Crippen LogP contribution in [0.15, 0.2) is 24.3 Å². The minimum atomic E-state index is 0.463. The van der Waals surface area contributed by atoms with Crippen LogP contribution in [-0.4, -0.2) is 38.1 Å². The maximum Gasteiger partial charge on any atom is 0.0408 e. The molecule has 2 nitrogen and oxygen atoms in total. The zero-order valence-electron chi connectivity index (χ0n) is 11.0. The van der Waals surface area contributed by atoms with Gasteiger partial charge in [0, 0.05) is 24.0 Å². The molecule has 0 saturated carbocycles. The van der Waals surface area contributed by atoms with Gasteiger partial charge in [0.1, 0.15) is 0 Å². The van der Waals surface area contributed by atoms with Gasteiger partial charge in [-0.05, 0) is 56.1 Å². The van der Waals surface area contributed by atoms with Crippen LogP contribution in [0.5, 0.6) is 0 Å². The van der Waals surface area contributed by atoms with Crippen molar-refractivity contribution in [2.45, 2.75) is 18.8 Å². The number of halogens is 1. The molecule has 0 amide bonds. The highest BCUT2D eigenvalue weighted by Crippen LogP contribution is 2.47. The summed E-state index contributed by atoms with van der Waals surface area (Å²) in [6.07, 6.45) is 2.61. The molecule has 3 heteroatoms. The molecular weight excluding hydrogens is 244 g/mol. The van der Waals surface area contributed by atoms with Gasteiger partial charge in [-0.15, -0.1) is 0 Å². The SMILES string of the molecule is CN1CCC2(CCNCC2c2cccc(Cl)c2)C1. The highest BCUT2D eigenvalue weighted by atomic mass is 35.5. The molecule has 2 heterocycles. The molecule has 0 aliphatic carbocycles. The highest BCUT2D eigenvalue weighted by Gasteiger charge is 2.45. The van der Waals surface area contributed by atoms with Gasteiger partial charge >= 0.3 is 0 Å². The first kappa shape index (κ1) is 12.5. The molecule has 2 unspecified atom stereocenters. The van der Waals surface area contributed by atoms with Crippen molar-refractivity contribution in [3.8, 4) is 0 Å². The molecule has 18 heavy (non-hydrogen) atoms. The molecule has 2 saturated heterocycles. The molecule has 1 N–H and O–H groups in total. The van der Waals surface area contributed by atoms with Crippen LogP contribution in [-0.2, 0) is 0 Å². The Morgan fingerprint density at radius 3 is 3.00 bits per heavy atom. The van der Waals surface area contributed by atoms with E-state index in [-0.39, 0.29) is 0 Å². The Morgan fingerprint density at radius 2 is 2.28 bits per heavy atom. The summed E-state index contributed by atoms with van der Waals surface area (Å²) in [6, 6.07) is 8.44. The normalized spacial score (nSPS) is 33.1. The molecule has 2 fully saturated rings. The first-order valence-corrected chi connectivity index (χ1v) is 7.22. The van der Waals surface area contributed by atoms with E-state index in [1.165, 1.54) is 31.5 Å². The molecule has 2 aliphatic rings. The van der Waals surface area contributed by atoms with E-state index in [0.717, 1.165) is 18.1 Å². The number of hydrogen-bond acceptors (Lipinski definition) is 2. The average Bonchev–Trinajstić information content (AvgIpc) is 2.72. The van der Waals surface area contributed by atoms with Crippen molar-refractivity contribution in [1.29, 1.82) is 0 Å². The molecule has 0 bridgehead atoms. The number of likely N-dealkylation sites (tertiary alicyclic amines) is 1. The van der Waals surface area contributed by atoms with Gasteiger partial charge in [0.2, 0.25) is 0 Å². The number of piperidine rings is 1. The average molecular weight is 265 g/mol. The minimum absolute atomic E-state index is 0.463. The van der Waals surface area contributed by atoms with Gasteiger partial charge in [0.25, 0.3) is 0 Å². The van der Waals surface area contributed by atoms with Gasteiger partial charge in [-0.2, -0.15) is 0 Å². The fourth-order valence-corrected chi connectivity index (χ4v) is 3.97. The summed E-state index contributed by atoms with van der Waals surface area (Å²) >= 11 is 6.16. The second-order valence-corrected chi connectivity index (χ2v) is 6.35. The largest absolute Gasteiger partial charge is 0.316 e. The van der Waals surface area contributed by atoms with Gasteiger partial charge in [0.05, 0.1) is 0 Å². The van der Waals surface area contributed by atoms with Crippen molar-refractivity contribution < 1.29 is 0 Å². The van der Waals surface area contributed by atoms with Crippen LogP contribution < -0.4 is 5.32 Å². The molecule has 98 valence electrons. The fraction of sp³-hybridized carbons (Fsp3) is 0.600. The summed E-state index contributed by atoms with van der Waals surface area (Å²) in [5.41, 5.74) is 1.87. The van der Waals surface area contributed by atoms with Crippen LogP contribution in [0.25, 0.3) is 0 Å². The quantitative estimate of drug-likeness (QED) is 0.839. The Balaban J connectivity index is 1.93. The molecule has 2 aliphatic heterocycles. The van der Waals surface area contributed by atoms with E-state index in [1.54, 1.807) is 0 Å². The van der Waals surface area contributed by atoms with Crippen molar-refractivity contribution in [1.82, 2.24) is 10.2 Å². The number of benzene rings is 1. The van der Waals surface area contributed by atoms with Crippen LogP contribution in [0.4, 0.5) is 0 Å². The third-order valence-electron chi connectivity index (χ3n) is 4.71. The molecule has 1 aromatic carbocycles. The Bertz CT molecular complexity index is 430. The Morgan fingerprint density at radius 1 is 1.39 bits per heavy atom. The summed E-state index contributed by atoms with van der Waals surface area (Å²) in [6.45, 7) is 4.71. The van der Waals surface area contributed by atoms with E-state index in [1.807, 2.05) is 6.07 Å². The second kappa shape index (κ2) is 4.84. The third kappa shape index (κ3) is 2.18. The fourth-order valence-electron chi connectivity index (χ4n) is 3.77. The Hall–Kier alpha value is -0.570. The van der Waals surface area contributed by atoms with Crippen molar-refractivity contribution in [3.05, 3.63) is 34.9 Å². The number of nitrogens with zero attached hydrogens (tertiary/aromatic N) is 1. The van der Waals surface area contributed by atoms with Crippen LogP contribution >= 0.6 is 11.6 Å². The van der Waals surface area contributed by atoms with Gasteiger partial charge in [-0.1, -0.05) is 23.7 Å². The predicted octanol–water partition coefficient (Wildman–Crippen LogP) is 2.74. The van der Waals surface area contributed by atoms with Crippen molar-refractivity contribution in [3.63, 3.8) is 0 Å². The van der Waals surface area contributed by atoms with E-state index in [4.69, 9.17) is 11.6 Å². The standard InChI is InChI=1S/C15H21ClN2/c1-18-8-6-15(11-18)5-7-17-10-14(15)12-3-2-4-13(16)9-12/h2-4,9,14,17H,5-8,10-11H2,1H3. The van der Waals surface area contributed by atoms with E-state index in [0.29, 0.717) is 11.3 Å². The topological polar surface area (TPSA) is 15.3 Å². The molecule has 1 spiro atoms. The van der Waals surface area contributed by atoms with Gasteiger partial charge < -0.3 is 10.2 Å². The Kier molecular flexibility index (Phi) is 3.35. The van der Waals surface area contributed by atoms with Crippen molar-refractivity contribution in [2.24, 2.45) is 5.41 Å². The summed E-state index contributed by atoms with van der Waals surface area (Å²) in [7, 11) is 2.24. The predicted molar refractivity (Wildman–Crippen MR) is 76.2 cm³/mol. The third-order valence-corrected chi connectivity index (χ3v) is 4.95. The maximum absolute atomic E-state index is 6.16. The minimum Gasteiger partial charge on any atom is -0.316 e. The lowest BCUT2D eigenvalue weighted by Gasteiger charge is -2.42. The van der Waals surface area contributed by atoms with E-state index in [2.05, 4.69) is 35.5 Å². The molecule has 2 atom stereocenters. The van der Waals surface area contributed by atoms with Crippen molar-refractivity contribution >= 4 is 11.6 Å². The lowest BCUT2D eigenvalue weighted by molar-refractivity contribution is 0.170. The van der Waals surface area contributed by atoms with E-state index >= 15 is 0 Å². The lowest BCUT2D eigenvalue weighted by Crippen LogP contribution is -2.45. The van der Waals surface area contributed by atoms with Crippen LogP contribution in [0, 0.1) is 5.41 Å². The number of rotatable bonds is 1. The first-order valence-electron chi connectivity index (χ1n) is 6.84. The zero-order valence-corrected chi connectivity index (χ0v) is 11.7. The van der Waals surface area contributed by atoms with Crippen molar-refractivity contribution in [2.75, 3.05) is 33.2 Å². The summed E-state index contributed by atoms with van der Waals surface area (Å²) in [5.74, 6) is 0.606. The van der Waals surface area contributed by atoms with Crippen LogP contribution in [0.3, 0.4) is 0 Å². The van der Waals surface area contributed by atoms with Crippen LogP contribution in [0.1, 0.15) is 24.3 Å². The molecule has 0 aromatic heterocycles. The first-order chi connectivity index (χ1) is 8.70. The van der Waals surface area contributed by atoms with E-state index in [9.17, 15) is 0 Å². The molecule has 0 radical (unpaired) electrons. The maximum atomic E-state index is 6.16.